The van der Waals surface area contributed by atoms with E-state index in [1.165, 1.54) is 17.9 Å². The minimum Gasteiger partial charge on any atom is -0.464 e. The van der Waals surface area contributed by atoms with Crippen LogP contribution in [-0.2, 0) is 9.47 Å². The molecular formula is C24H29N5O5. The number of amides is 2. The molecule has 10 heteroatoms. The van der Waals surface area contributed by atoms with Crippen LogP contribution in [0.1, 0.15) is 52.7 Å². The normalized spacial score (nSPS) is 13.9. The Morgan fingerprint density at radius 1 is 1.09 bits per heavy atom. The molecule has 3 rings (SSSR count). The van der Waals surface area contributed by atoms with Crippen molar-refractivity contribution in [3.8, 4) is 11.8 Å². The van der Waals surface area contributed by atoms with Crippen LogP contribution in [0.5, 0.6) is 0 Å². The van der Waals surface area contributed by atoms with E-state index in [-0.39, 0.29) is 22.9 Å². The number of methoxy groups -OCH3 is 1. The molecule has 0 bridgehead atoms. The van der Waals surface area contributed by atoms with E-state index < -0.39 is 17.7 Å². The molecule has 1 aliphatic rings. The highest BCUT2D eigenvalue weighted by Crippen LogP contribution is 2.29. The molecule has 2 amide bonds. The highest BCUT2D eigenvalue weighted by Gasteiger charge is 2.31. The smallest absolute Gasteiger partial charge is 0.410 e. The monoisotopic (exact) mass is 467 g/mol. The Bertz CT molecular complexity index is 1160. The van der Waals surface area contributed by atoms with Crippen molar-refractivity contribution < 1.29 is 23.9 Å². The number of carbonyl (C=O) groups excluding carboxylic acids is 3. The van der Waals surface area contributed by atoms with Crippen molar-refractivity contribution in [2.45, 2.75) is 33.3 Å². The molecule has 180 valence electrons. The maximum Gasteiger partial charge on any atom is 0.410 e. The topological polar surface area (TPSA) is 131 Å². The van der Waals surface area contributed by atoms with Crippen LogP contribution in [0.4, 0.5) is 10.5 Å². The van der Waals surface area contributed by atoms with E-state index in [9.17, 15) is 19.6 Å². The Hall–Kier alpha value is -4.00. The van der Waals surface area contributed by atoms with Gasteiger partial charge >= 0.3 is 12.1 Å². The molecule has 1 aliphatic heterocycles. The van der Waals surface area contributed by atoms with Crippen molar-refractivity contribution in [1.82, 2.24) is 14.4 Å². The Labute approximate surface area is 198 Å². The third kappa shape index (κ3) is 4.83. The lowest BCUT2D eigenvalue weighted by molar-refractivity contribution is 0.0141. The molecule has 1 aromatic heterocycles. The van der Waals surface area contributed by atoms with Gasteiger partial charge in [0.25, 0.3) is 5.91 Å². The number of benzene rings is 1. The van der Waals surface area contributed by atoms with Gasteiger partial charge in [0.2, 0.25) is 0 Å². The van der Waals surface area contributed by atoms with Crippen molar-refractivity contribution in [1.29, 1.82) is 5.26 Å². The number of esters is 1. The number of nitrogens with zero attached hydrogens (tertiary/aromatic N) is 4. The summed E-state index contributed by atoms with van der Waals surface area (Å²) >= 11 is 0. The number of ether oxygens (including phenoxy) is 2. The third-order valence-corrected chi connectivity index (χ3v) is 5.47. The molecule has 2 N–H and O–H groups in total. The molecule has 0 saturated carbocycles. The van der Waals surface area contributed by atoms with Gasteiger partial charge in [0.05, 0.1) is 29.6 Å². The number of piperazine rings is 1. The van der Waals surface area contributed by atoms with Gasteiger partial charge in [0.1, 0.15) is 11.7 Å². The van der Waals surface area contributed by atoms with Gasteiger partial charge in [0, 0.05) is 32.4 Å². The molecule has 0 unspecified atom stereocenters. The molecule has 0 atom stereocenters. The Morgan fingerprint density at radius 2 is 1.71 bits per heavy atom. The van der Waals surface area contributed by atoms with Gasteiger partial charge in [-0.3, -0.25) is 4.79 Å². The lowest BCUT2D eigenvalue weighted by Gasteiger charge is -2.36. The van der Waals surface area contributed by atoms with E-state index in [1.807, 2.05) is 6.07 Å². The first-order valence-electron chi connectivity index (χ1n) is 10.8. The quantitative estimate of drug-likeness (QED) is 0.687. The molecule has 0 aliphatic carbocycles. The van der Waals surface area contributed by atoms with Gasteiger partial charge in [-0.25, -0.2) is 9.59 Å². The molecule has 10 nitrogen and oxygen atoms in total. The maximum atomic E-state index is 13.5. The number of anilines is 1. The number of nitrogens with two attached hydrogens (primary N) is 1. The average molecular weight is 468 g/mol. The fourth-order valence-electron chi connectivity index (χ4n) is 3.83. The summed E-state index contributed by atoms with van der Waals surface area (Å²) in [6.07, 6.45) is 1.02. The average Bonchev–Trinajstić information content (AvgIpc) is 3.12. The fourth-order valence-corrected chi connectivity index (χ4v) is 3.83. The molecule has 0 spiro atoms. The molecule has 1 fully saturated rings. The SMILES string of the molecule is COC(=O)c1c(N)c(C#N)cn1-c1c(C)cccc1C(=O)N1CCN(C(=O)OC(C)(C)C)CC1. The highest BCUT2D eigenvalue weighted by molar-refractivity contribution is 6.01. The van der Waals surface area contributed by atoms with Crippen LogP contribution in [0.15, 0.2) is 24.4 Å². The van der Waals surface area contributed by atoms with Gasteiger partial charge in [-0.2, -0.15) is 5.26 Å². The zero-order valence-corrected chi connectivity index (χ0v) is 20.0. The van der Waals surface area contributed by atoms with Crippen LogP contribution in [0.25, 0.3) is 5.69 Å². The zero-order chi connectivity index (χ0) is 25.2. The maximum absolute atomic E-state index is 13.5. The van der Waals surface area contributed by atoms with E-state index in [4.69, 9.17) is 15.2 Å². The highest BCUT2D eigenvalue weighted by atomic mass is 16.6. The van der Waals surface area contributed by atoms with Gasteiger partial charge in [-0.05, 0) is 39.3 Å². The number of hydrogen-bond acceptors (Lipinski definition) is 7. The molecule has 1 saturated heterocycles. The zero-order valence-electron chi connectivity index (χ0n) is 20.0. The summed E-state index contributed by atoms with van der Waals surface area (Å²) in [5, 5.41) is 9.44. The first-order chi connectivity index (χ1) is 16.0. The number of aromatic nitrogens is 1. The number of aryl methyl sites for hydroxylation is 1. The molecule has 34 heavy (non-hydrogen) atoms. The van der Waals surface area contributed by atoms with Crippen LogP contribution in [0.2, 0.25) is 0 Å². The third-order valence-electron chi connectivity index (χ3n) is 5.47. The van der Waals surface area contributed by atoms with Crippen molar-refractivity contribution >= 4 is 23.7 Å². The largest absolute Gasteiger partial charge is 0.464 e. The number of nitrogen functional groups attached to an aromatic ring is 1. The standard InChI is InChI=1S/C24H29N5O5/c1-15-7-6-8-17(19(15)29-14-16(13-25)18(26)20(29)22(31)33-5)21(30)27-9-11-28(12-10-27)23(32)34-24(2,3)4/h6-8,14H,9-12,26H2,1-5H3. The van der Waals surface area contributed by atoms with E-state index in [0.29, 0.717) is 43.0 Å². The summed E-state index contributed by atoms with van der Waals surface area (Å²) < 4.78 is 11.7. The summed E-state index contributed by atoms with van der Waals surface area (Å²) in [5.74, 6) is -0.976. The molecule has 2 heterocycles. The van der Waals surface area contributed by atoms with Gasteiger partial charge in [-0.1, -0.05) is 12.1 Å². The first-order valence-corrected chi connectivity index (χ1v) is 10.8. The summed E-state index contributed by atoms with van der Waals surface area (Å²) in [7, 11) is 1.22. The second kappa shape index (κ2) is 9.47. The number of carbonyl (C=O) groups is 3. The summed E-state index contributed by atoms with van der Waals surface area (Å²) in [6.45, 7) is 8.54. The Kier molecular flexibility index (Phi) is 6.86. The summed E-state index contributed by atoms with van der Waals surface area (Å²) in [6, 6.07) is 7.18. The second-order valence-corrected chi connectivity index (χ2v) is 9.01. The van der Waals surface area contributed by atoms with Gasteiger partial charge in [-0.15, -0.1) is 0 Å². The number of hydrogen-bond donors (Lipinski definition) is 1. The first kappa shape index (κ1) is 24.6. The van der Waals surface area contributed by atoms with Crippen molar-refractivity contribution in [3.05, 3.63) is 46.8 Å². The van der Waals surface area contributed by atoms with E-state index in [2.05, 4.69) is 0 Å². The molecule has 0 radical (unpaired) electrons. The van der Waals surface area contributed by atoms with E-state index in [1.54, 1.807) is 55.7 Å². The van der Waals surface area contributed by atoms with Crippen LogP contribution >= 0.6 is 0 Å². The molecule has 1 aromatic carbocycles. The molecular weight excluding hydrogens is 438 g/mol. The fraction of sp³-hybridized carbons (Fsp3) is 0.417. The summed E-state index contributed by atoms with van der Waals surface area (Å²) in [4.78, 5) is 41.6. The Morgan fingerprint density at radius 3 is 2.26 bits per heavy atom. The van der Waals surface area contributed by atoms with Crippen LogP contribution in [0, 0.1) is 18.3 Å². The number of para-hydroxylation sites is 1. The van der Waals surface area contributed by atoms with Crippen molar-refractivity contribution in [2.75, 3.05) is 39.0 Å². The lowest BCUT2D eigenvalue weighted by atomic mass is 10.1. The number of rotatable bonds is 3. The molecule has 2 aromatic rings. The van der Waals surface area contributed by atoms with Crippen LogP contribution in [0.3, 0.4) is 0 Å². The van der Waals surface area contributed by atoms with Crippen molar-refractivity contribution in [3.63, 3.8) is 0 Å². The van der Waals surface area contributed by atoms with Crippen LogP contribution < -0.4 is 5.73 Å². The van der Waals surface area contributed by atoms with Crippen LogP contribution in [-0.4, -0.2) is 71.2 Å². The second-order valence-electron chi connectivity index (χ2n) is 9.01. The summed E-state index contributed by atoms with van der Waals surface area (Å²) in [5.41, 5.74) is 7.02. The predicted molar refractivity (Wildman–Crippen MR) is 125 cm³/mol. The van der Waals surface area contributed by atoms with Gasteiger partial charge in [0.15, 0.2) is 5.69 Å². The number of nitriles is 1. The minimum atomic E-state index is -0.716. The van der Waals surface area contributed by atoms with Crippen molar-refractivity contribution in [2.24, 2.45) is 0 Å². The van der Waals surface area contributed by atoms with E-state index >= 15 is 0 Å². The lowest BCUT2D eigenvalue weighted by Crippen LogP contribution is -2.51. The van der Waals surface area contributed by atoms with E-state index in [0.717, 1.165) is 0 Å². The minimum absolute atomic E-state index is 0.0121. The Balaban J connectivity index is 1.93. The predicted octanol–water partition coefficient (Wildman–Crippen LogP) is 2.72. The van der Waals surface area contributed by atoms with Gasteiger partial charge < -0.3 is 29.6 Å².